The van der Waals surface area contributed by atoms with Gasteiger partial charge in [-0.3, -0.25) is 14.5 Å². The number of ether oxygens (including phenoxy) is 2. The molecule has 10 nitrogen and oxygen atoms in total. The second-order valence-electron chi connectivity index (χ2n) is 6.42. The lowest BCUT2D eigenvalue weighted by Gasteiger charge is -2.49. The zero-order chi connectivity index (χ0) is 19.3. The van der Waals surface area contributed by atoms with E-state index in [4.69, 9.17) is 15.2 Å². The van der Waals surface area contributed by atoms with Crippen LogP contribution in [0.4, 0.5) is 0 Å². The van der Waals surface area contributed by atoms with E-state index in [1.54, 1.807) is 25.1 Å². The average Bonchev–Trinajstić information content (AvgIpc) is 3.12. The first-order valence-electron chi connectivity index (χ1n) is 8.21. The lowest BCUT2D eigenvalue weighted by atomic mass is 10.0. The molecule has 0 aliphatic carbocycles. The topological polar surface area (TPSA) is 163 Å². The van der Waals surface area contributed by atoms with Gasteiger partial charge in [0.15, 0.2) is 11.5 Å². The molecule has 0 aromatic heterocycles. The Kier molecular flexibility index (Phi) is 5.24. The predicted octanol–water partition coefficient (Wildman–Crippen LogP) is -0.651. The number of rotatable bonds is 4. The standard InChI is InChI=1S/C17H17N3O6S.H2O/c1-7-5-27-16-12(15(22)20(16)13(7)17(23)24)19-14(21)11(18)8-2-3-9-10(4-8)26-6-25-9;/h2-4,11-12,16H,5-6,18H2,1H3,(H,19,21)(H,23,24);1H2/t11-,12-,16-;/m1./s1. The first-order chi connectivity index (χ1) is 12.9. The fourth-order valence-electron chi connectivity index (χ4n) is 3.28. The van der Waals surface area contributed by atoms with Crippen molar-refractivity contribution in [1.29, 1.82) is 0 Å². The Bertz CT molecular complexity index is 888. The summed E-state index contributed by atoms with van der Waals surface area (Å²) in [5.41, 5.74) is 7.17. The summed E-state index contributed by atoms with van der Waals surface area (Å²) < 4.78 is 10.5. The number of nitrogens with two attached hydrogens (primary N) is 1. The number of carbonyl (C=O) groups is 3. The maximum atomic E-state index is 12.5. The normalized spacial score (nSPS) is 23.4. The van der Waals surface area contributed by atoms with E-state index in [2.05, 4.69) is 5.32 Å². The van der Waals surface area contributed by atoms with Gasteiger partial charge < -0.3 is 31.1 Å². The molecule has 1 aromatic carbocycles. The molecule has 11 heteroatoms. The van der Waals surface area contributed by atoms with Crippen molar-refractivity contribution in [1.82, 2.24) is 10.2 Å². The monoisotopic (exact) mass is 409 g/mol. The van der Waals surface area contributed by atoms with Crippen molar-refractivity contribution in [3.63, 3.8) is 0 Å². The molecule has 1 saturated heterocycles. The highest BCUT2D eigenvalue weighted by atomic mass is 32.2. The lowest BCUT2D eigenvalue weighted by Crippen LogP contribution is -2.71. The largest absolute Gasteiger partial charge is 0.477 e. The van der Waals surface area contributed by atoms with E-state index < -0.39 is 35.2 Å². The van der Waals surface area contributed by atoms with E-state index >= 15 is 0 Å². The third-order valence-corrected chi connectivity index (χ3v) is 6.12. The van der Waals surface area contributed by atoms with Gasteiger partial charge in [-0.15, -0.1) is 11.8 Å². The van der Waals surface area contributed by atoms with Gasteiger partial charge in [0.05, 0.1) is 0 Å². The number of hydrogen-bond acceptors (Lipinski definition) is 7. The van der Waals surface area contributed by atoms with Crippen molar-refractivity contribution < 1.29 is 34.4 Å². The maximum absolute atomic E-state index is 12.5. The molecule has 28 heavy (non-hydrogen) atoms. The minimum atomic E-state index is -1.15. The second kappa shape index (κ2) is 7.34. The molecule has 6 N–H and O–H groups in total. The van der Waals surface area contributed by atoms with Crippen LogP contribution in [-0.2, 0) is 14.4 Å². The van der Waals surface area contributed by atoms with Gasteiger partial charge in [-0.25, -0.2) is 4.79 Å². The second-order valence-corrected chi connectivity index (χ2v) is 7.53. The van der Waals surface area contributed by atoms with Gasteiger partial charge in [-0.1, -0.05) is 6.07 Å². The highest BCUT2D eigenvalue weighted by Crippen LogP contribution is 2.40. The molecule has 0 unspecified atom stereocenters. The van der Waals surface area contributed by atoms with Gasteiger partial charge in [-0.2, -0.15) is 0 Å². The molecule has 2 amide bonds. The average molecular weight is 409 g/mol. The van der Waals surface area contributed by atoms with Crippen LogP contribution in [-0.4, -0.2) is 57.2 Å². The molecular formula is C17H19N3O7S. The summed E-state index contributed by atoms with van der Waals surface area (Å²) in [6.45, 7) is 1.80. The highest BCUT2D eigenvalue weighted by molar-refractivity contribution is 8.00. The van der Waals surface area contributed by atoms with Crippen LogP contribution in [0, 0.1) is 0 Å². The summed E-state index contributed by atoms with van der Waals surface area (Å²) in [6.07, 6.45) is 0. The third kappa shape index (κ3) is 3.07. The fraction of sp³-hybridized carbons (Fsp3) is 0.353. The van der Waals surface area contributed by atoms with Crippen molar-refractivity contribution >= 4 is 29.5 Å². The number of fused-ring (bicyclic) bond motifs is 2. The number of aliphatic carboxylic acids is 1. The van der Waals surface area contributed by atoms with Crippen LogP contribution in [0.5, 0.6) is 11.5 Å². The van der Waals surface area contributed by atoms with E-state index in [1.807, 2.05) is 0 Å². The van der Waals surface area contributed by atoms with Crippen LogP contribution in [0.2, 0.25) is 0 Å². The van der Waals surface area contributed by atoms with Gasteiger partial charge in [0, 0.05) is 5.75 Å². The SMILES string of the molecule is CC1=C(C(=O)O)N2C(=O)[C@@H](NC(=O)[C@H](N)c3ccc4c(c3)OCO4)[C@H]2SC1.O. The van der Waals surface area contributed by atoms with Crippen LogP contribution in [0.1, 0.15) is 18.5 Å². The Morgan fingerprint density at radius 1 is 1.36 bits per heavy atom. The smallest absolute Gasteiger partial charge is 0.352 e. The molecule has 1 aromatic rings. The molecule has 0 saturated carbocycles. The minimum Gasteiger partial charge on any atom is -0.477 e. The fourth-order valence-corrected chi connectivity index (χ4v) is 4.57. The number of carboxylic acids is 1. The van der Waals surface area contributed by atoms with Crippen molar-refractivity contribution in [3.05, 3.63) is 35.0 Å². The maximum Gasteiger partial charge on any atom is 0.352 e. The third-order valence-electron chi connectivity index (χ3n) is 4.70. The van der Waals surface area contributed by atoms with Crippen molar-refractivity contribution in [2.24, 2.45) is 5.73 Å². The zero-order valence-electron chi connectivity index (χ0n) is 14.8. The van der Waals surface area contributed by atoms with Gasteiger partial charge in [-0.05, 0) is 30.2 Å². The summed E-state index contributed by atoms with van der Waals surface area (Å²) in [5.74, 6) is -0.537. The molecule has 3 aliphatic rings. The Labute approximate surface area is 163 Å². The van der Waals surface area contributed by atoms with Crippen molar-refractivity contribution in [2.75, 3.05) is 12.5 Å². The van der Waals surface area contributed by atoms with Crippen molar-refractivity contribution in [2.45, 2.75) is 24.4 Å². The number of carbonyl (C=O) groups excluding carboxylic acids is 2. The summed E-state index contributed by atoms with van der Waals surface area (Å²) in [6, 6.07) is 3.17. The number of benzene rings is 1. The molecule has 1 fully saturated rings. The van der Waals surface area contributed by atoms with Crippen molar-refractivity contribution in [3.8, 4) is 11.5 Å². The summed E-state index contributed by atoms with van der Waals surface area (Å²) >= 11 is 1.41. The number of amides is 2. The number of nitrogens with one attached hydrogen (secondary N) is 1. The van der Waals surface area contributed by atoms with Crippen LogP contribution in [0.3, 0.4) is 0 Å². The Morgan fingerprint density at radius 2 is 2.07 bits per heavy atom. The molecule has 3 atom stereocenters. The number of thioether (sulfide) groups is 1. The Hall–Kier alpha value is -2.76. The zero-order valence-corrected chi connectivity index (χ0v) is 15.6. The van der Waals surface area contributed by atoms with Gasteiger partial charge >= 0.3 is 5.97 Å². The first kappa shape index (κ1) is 20.0. The molecule has 0 radical (unpaired) electrons. The molecule has 3 heterocycles. The summed E-state index contributed by atoms with van der Waals surface area (Å²) in [5, 5.41) is 11.5. The van der Waals surface area contributed by atoms with Crippen LogP contribution in [0.15, 0.2) is 29.5 Å². The van der Waals surface area contributed by atoms with E-state index in [-0.39, 0.29) is 18.0 Å². The summed E-state index contributed by atoms with van der Waals surface area (Å²) in [4.78, 5) is 37.6. The number of nitrogens with zero attached hydrogens (tertiary/aromatic N) is 1. The van der Waals surface area contributed by atoms with E-state index in [9.17, 15) is 19.5 Å². The summed E-state index contributed by atoms with van der Waals surface area (Å²) in [7, 11) is 0. The Balaban J connectivity index is 0.00000225. The number of hydrogen-bond donors (Lipinski definition) is 3. The van der Waals surface area contributed by atoms with Gasteiger partial charge in [0.25, 0.3) is 5.91 Å². The minimum absolute atomic E-state index is 0. The van der Waals surface area contributed by atoms with Crippen LogP contribution < -0.4 is 20.5 Å². The quantitative estimate of drug-likeness (QED) is 0.552. The van der Waals surface area contributed by atoms with Crippen LogP contribution >= 0.6 is 11.8 Å². The Morgan fingerprint density at radius 3 is 2.79 bits per heavy atom. The van der Waals surface area contributed by atoms with Gasteiger partial charge in [0.2, 0.25) is 12.7 Å². The van der Waals surface area contributed by atoms with Crippen LogP contribution in [0.25, 0.3) is 0 Å². The molecule has 4 rings (SSSR count). The number of β-lactam (4-membered cyclic amide) rings is 1. The van der Waals surface area contributed by atoms with E-state index in [0.29, 0.717) is 28.4 Å². The predicted molar refractivity (Wildman–Crippen MR) is 98.5 cm³/mol. The molecule has 0 spiro atoms. The molecule has 3 aliphatic heterocycles. The first-order valence-corrected chi connectivity index (χ1v) is 9.26. The molecular weight excluding hydrogens is 390 g/mol. The van der Waals surface area contributed by atoms with Gasteiger partial charge in [0.1, 0.15) is 23.2 Å². The van der Waals surface area contributed by atoms with E-state index in [1.165, 1.54) is 16.7 Å². The molecule has 150 valence electrons. The highest BCUT2D eigenvalue weighted by Gasteiger charge is 2.53. The lowest BCUT2D eigenvalue weighted by molar-refractivity contribution is -0.150. The molecule has 0 bridgehead atoms. The number of carboxylic acid groups (broad SMARTS) is 1. The van der Waals surface area contributed by atoms with E-state index in [0.717, 1.165) is 0 Å².